The summed E-state index contributed by atoms with van der Waals surface area (Å²) in [6.45, 7) is 7.48. The van der Waals surface area contributed by atoms with Gasteiger partial charge in [-0.3, -0.25) is 4.79 Å². The minimum atomic E-state index is -3.56. The highest BCUT2D eigenvalue weighted by Gasteiger charge is 2.32. The van der Waals surface area contributed by atoms with Crippen LogP contribution in [0.3, 0.4) is 0 Å². The van der Waals surface area contributed by atoms with Gasteiger partial charge in [0.2, 0.25) is 10.0 Å². The summed E-state index contributed by atoms with van der Waals surface area (Å²) in [7, 11) is -3.56. The van der Waals surface area contributed by atoms with Crippen LogP contribution in [0.15, 0.2) is 23.1 Å². The molecule has 0 unspecified atom stereocenters. The van der Waals surface area contributed by atoms with Gasteiger partial charge in [0.25, 0.3) is 5.91 Å². The van der Waals surface area contributed by atoms with Gasteiger partial charge in [-0.1, -0.05) is 13.0 Å². The largest absolute Gasteiger partial charge is 0.339 e. The monoisotopic (exact) mass is 365 g/mol. The maximum Gasteiger partial charge on any atom is 0.254 e. The molecule has 25 heavy (non-hydrogen) atoms. The average molecular weight is 365 g/mol. The number of amides is 1. The number of nitrogens with zero attached hydrogens (tertiary/aromatic N) is 1. The van der Waals surface area contributed by atoms with Crippen molar-refractivity contribution in [1.82, 2.24) is 14.9 Å². The molecule has 7 heteroatoms. The molecule has 2 atom stereocenters. The lowest BCUT2D eigenvalue weighted by Crippen LogP contribution is -2.33. The molecule has 2 fully saturated rings. The standard InChI is InChI=1S/C18H27N3O3S/c1-3-20-25(23,24)16-5-4-13(2)17(10-16)18(22)21-8-6-14-11-19-12-15(14)7-9-21/h4-5,10,14-15,19-20H,3,6-9,11-12H2,1-2H3/t14-,15+. The Morgan fingerprint density at radius 1 is 1.24 bits per heavy atom. The Morgan fingerprint density at radius 3 is 2.48 bits per heavy atom. The summed E-state index contributed by atoms with van der Waals surface area (Å²) >= 11 is 0. The Hall–Kier alpha value is -1.44. The van der Waals surface area contributed by atoms with Crippen LogP contribution in [-0.2, 0) is 10.0 Å². The van der Waals surface area contributed by atoms with Crippen LogP contribution in [-0.4, -0.2) is 51.9 Å². The second kappa shape index (κ2) is 7.43. The van der Waals surface area contributed by atoms with E-state index >= 15 is 0 Å². The Bertz CT molecular complexity index is 734. The summed E-state index contributed by atoms with van der Waals surface area (Å²) in [5, 5.41) is 3.44. The number of nitrogens with one attached hydrogen (secondary N) is 2. The van der Waals surface area contributed by atoms with Gasteiger partial charge in [0.1, 0.15) is 0 Å². The second-order valence-corrected chi connectivity index (χ2v) is 8.79. The molecule has 1 aromatic rings. The van der Waals surface area contributed by atoms with Gasteiger partial charge in [-0.05, 0) is 62.4 Å². The Kier molecular flexibility index (Phi) is 5.46. The van der Waals surface area contributed by atoms with Crippen LogP contribution >= 0.6 is 0 Å². The van der Waals surface area contributed by atoms with E-state index < -0.39 is 10.0 Å². The van der Waals surface area contributed by atoms with Crippen molar-refractivity contribution in [2.75, 3.05) is 32.7 Å². The average Bonchev–Trinajstić information content (AvgIpc) is 2.93. The Morgan fingerprint density at radius 2 is 1.88 bits per heavy atom. The minimum absolute atomic E-state index is 0.0565. The number of carbonyl (C=O) groups excluding carboxylic acids is 1. The number of likely N-dealkylation sites (tertiary alicyclic amines) is 1. The quantitative estimate of drug-likeness (QED) is 0.845. The van der Waals surface area contributed by atoms with E-state index in [1.165, 1.54) is 6.07 Å². The maximum atomic E-state index is 13.0. The molecule has 1 amide bonds. The molecule has 1 aromatic carbocycles. The van der Waals surface area contributed by atoms with E-state index in [1.807, 2.05) is 11.8 Å². The molecule has 2 aliphatic rings. The van der Waals surface area contributed by atoms with Crippen LogP contribution in [0.4, 0.5) is 0 Å². The predicted octanol–water partition coefficient (Wildman–Crippen LogP) is 1.36. The van der Waals surface area contributed by atoms with Crippen molar-refractivity contribution in [2.45, 2.75) is 31.6 Å². The van der Waals surface area contributed by atoms with Crippen LogP contribution < -0.4 is 10.0 Å². The molecule has 2 heterocycles. The number of hydrogen-bond donors (Lipinski definition) is 2. The van der Waals surface area contributed by atoms with Gasteiger partial charge in [-0.2, -0.15) is 0 Å². The van der Waals surface area contributed by atoms with E-state index in [0.29, 0.717) is 23.9 Å². The molecule has 6 nitrogen and oxygen atoms in total. The van der Waals surface area contributed by atoms with E-state index in [2.05, 4.69) is 10.0 Å². The summed E-state index contributed by atoms with van der Waals surface area (Å²) in [6, 6.07) is 4.79. The topological polar surface area (TPSA) is 78.5 Å². The normalized spacial score (nSPS) is 24.0. The van der Waals surface area contributed by atoms with Crippen LogP contribution in [0.5, 0.6) is 0 Å². The van der Waals surface area contributed by atoms with Crippen molar-refractivity contribution >= 4 is 15.9 Å². The zero-order chi connectivity index (χ0) is 18.0. The first-order chi connectivity index (χ1) is 11.9. The molecule has 0 aliphatic carbocycles. The molecule has 0 bridgehead atoms. The fourth-order valence-electron chi connectivity index (χ4n) is 3.86. The van der Waals surface area contributed by atoms with Crippen molar-refractivity contribution < 1.29 is 13.2 Å². The molecule has 0 aromatic heterocycles. The first-order valence-corrected chi connectivity index (χ1v) is 10.5. The minimum Gasteiger partial charge on any atom is -0.339 e. The SMILES string of the molecule is CCNS(=O)(=O)c1ccc(C)c(C(=O)N2CC[C@@H]3CNC[C@@H]3CC2)c1. The maximum absolute atomic E-state index is 13.0. The van der Waals surface area contributed by atoms with Gasteiger partial charge in [-0.25, -0.2) is 13.1 Å². The molecule has 2 aliphatic heterocycles. The first kappa shape index (κ1) is 18.4. The fraction of sp³-hybridized carbons (Fsp3) is 0.611. The van der Waals surface area contributed by atoms with E-state index in [4.69, 9.17) is 0 Å². The van der Waals surface area contributed by atoms with Crippen LogP contribution in [0, 0.1) is 18.8 Å². The molecule has 0 spiro atoms. The van der Waals surface area contributed by atoms with Crippen molar-refractivity contribution in [2.24, 2.45) is 11.8 Å². The number of aryl methyl sites for hydroxylation is 1. The van der Waals surface area contributed by atoms with E-state index in [1.54, 1.807) is 19.1 Å². The van der Waals surface area contributed by atoms with Crippen molar-refractivity contribution in [3.63, 3.8) is 0 Å². The van der Waals surface area contributed by atoms with Crippen LogP contribution in [0.1, 0.15) is 35.7 Å². The molecular formula is C18H27N3O3S. The molecule has 2 N–H and O–H groups in total. The van der Waals surface area contributed by atoms with Gasteiger partial charge >= 0.3 is 0 Å². The van der Waals surface area contributed by atoms with Crippen molar-refractivity contribution in [3.05, 3.63) is 29.3 Å². The van der Waals surface area contributed by atoms with Gasteiger partial charge < -0.3 is 10.2 Å². The predicted molar refractivity (Wildman–Crippen MR) is 97.0 cm³/mol. The van der Waals surface area contributed by atoms with Crippen LogP contribution in [0.25, 0.3) is 0 Å². The highest BCUT2D eigenvalue weighted by Crippen LogP contribution is 2.28. The lowest BCUT2D eigenvalue weighted by atomic mass is 9.92. The van der Waals surface area contributed by atoms with Crippen molar-refractivity contribution in [1.29, 1.82) is 0 Å². The lowest BCUT2D eigenvalue weighted by Gasteiger charge is -2.22. The third kappa shape index (κ3) is 3.88. The highest BCUT2D eigenvalue weighted by atomic mass is 32.2. The molecule has 0 saturated carbocycles. The molecule has 2 saturated heterocycles. The van der Waals surface area contributed by atoms with Crippen molar-refractivity contribution in [3.8, 4) is 0 Å². The summed E-state index contributed by atoms with van der Waals surface area (Å²) < 4.78 is 27.0. The summed E-state index contributed by atoms with van der Waals surface area (Å²) in [5.74, 6) is 1.25. The molecule has 3 rings (SSSR count). The molecular weight excluding hydrogens is 338 g/mol. The lowest BCUT2D eigenvalue weighted by molar-refractivity contribution is 0.0757. The third-order valence-electron chi connectivity index (χ3n) is 5.39. The number of rotatable bonds is 4. The zero-order valence-corrected chi connectivity index (χ0v) is 15.7. The zero-order valence-electron chi connectivity index (χ0n) is 14.9. The number of hydrogen-bond acceptors (Lipinski definition) is 4. The second-order valence-electron chi connectivity index (χ2n) is 7.03. The summed E-state index contributed by atoms with van der Waals surface area (Å²) in [4.78, 5) is 15.1. The third-order valence-corrected chi connectivity index (χ3v) is 6.93. The molecule has 0 radical (unpaired) electrons. The smallest absolute Gasteiger partial charge is 0.254 e. The van der Waals surface area contributed by atoms with Gasteiger partial charge in [-0.15, -0.1) is 0 Å². The first-order valence-electron chi connectivity index (χ1n) is 9.02. The number of sulfonamides is 1. The number of fused-ring (bicyclic) bond motifs is 1. The molecule has 138 valence electrons. The van der Waals surface area contributed by atoms with Gasteiger partial charge in [0.05, 0.1) is 4.90 Å². The fourth-order valence-corrected chi connectivity index (χ4v) is 4.93. The summed E-state index contributed by atoms with van der Waals surface area (Å²) in [6.07, 6.45) is 2.02. The van der Waals surface area contributed by atoms with Gasteiger partial charge in [0.15, 0.2) is 0 Å². The van der Waals surface area contributed by atoms with Gasteiger partial charge in [0, 0.05) is 25.2 Å². The van der Waals surface area contributed by atoms with Crippen LogP contribution in [0.2, 0.25) is 0 Å². The van der Waals surface area contributed by atoms with E-state index in [0.717, 1.165) is 44.6 Å². The highest BCUT2D eigenvalue weighted by molar-refractivity contribution is 7.89. The summed E-state index contributed by atoms with van der Waals surface area (Å²) in [5.41, 5.74) is 1.30. The van der Waals surface area contributed by atoms with E-state index in [-0.39, 0.29) is 10.8 Å². The van der Waals surface area contributed by atoms with E-state index in [9.17, 15) is 13.2 Å². The Labute approximate surface area is 150 Å². The number of carbonyl (C=O) groups is 1. The Balaban J connectivity index is 1.82. The number of benzene rings is 1.